The summed E-state index contributed by atoms with van der Waals surface area (Å²) in [5.41, 5.74) is 2.11. The summed E-state index contributed by atoms with van der Waals surface area (Å²) in [5, 5.41) is 10.7. The van der Waals surface area contributed by atoms with Gasteiger partial charge >= 0.3 is 5.97 Å². The Hall–Kier alpha value is -2.44. The first-order valence-corrected chi connectivity index (χ1v) is 13.2. The van der Waals surface area contributed by atoms with Crippen LogP contribution in [0.5, 0.6) is 5.75 Å². The van der Waals surface area contributed by atoms with E-state index in [1.54, 1.807) is 25.8 Å². The average molecular weight is 480 g/mol. The van der Waals surface area contributed by atoms with Crippen molar-refractivity contribution in [1.29, 1.82) is 0 Å². The summed E-state index contributed by atoms with van der Waals surface area (Å²) in [7, 11) is 1.70. The van der Waals surface area contributed by atoms with Crippen molar-refractivity contribution in [2.24, 2.45) is 5.92 Å². The molecule has 3 heterocycles. The number of ether oxygens (including phenoxy) is 1. The van der Waals surface area contributed by atoms with Crippen molar-refractivity contribution in [1.82, 2.24) is 4.90 Å². The molecular weight excluding hydrogens is 446 g/mol. The van der Waals surface area contributed by atoms with Gasteiger partial charge in [0.25, 0.3) is 0 Å². The van der Waals surface area contributed by atoms with Gasteiger partial charge in [-0.3, -0.25) is 4.79 Å². The normalized spacial score (nSPS) is 21.8. The summed E-state index contributed by atoms with van der Waals surface area (Å²) in [5.74, 6) is 0.875. The van der Waals surface area contributed by atoms with E-state index in [9.17, 15) is 9.90 Å². The van der Waals surface area contributed by atoms with Crippen LogP contribution < -0.4 is 4.74 Å². The van der Waals surface area contributed by atoms with E-state index >= 15 is 0 Å². The number of fused-ring (bicyclic) bond motifs is 2. The zero-order valence-electron chi connectivity index (χ0n) is 20.0. The summed E-state index contributed by atoms with van der Waals surface area (Å²) in [6.07, 6.45) is 6.54. The largest absolute Gasteiger partial charge is 0.496 e. The zero-order chi connectivity index (χ0) is 23.7. The number of piperidine rings is 2. The van der Waals surface area contributed by atoms with Gasteiger partial charge in [-0.2, -0.15) is 0 Å². The number of benzene rings is 2. The summed E-state index contributed by atoms with van der Waals surface area (Å²) >= 11 is 1.69. The Morgan fingerprint density at radius 1 is 1.21 bits per heavy atom. The standard InChI is InChI=1S/C28H33NO4S/c1-18(28(30)31)15-25-27(19-12-14-29-13-6-5-7-20(29)16-19)22-17-21(10-11-23(22)33-25)34-26-9-4-3-8-24(26)32-2/h3-4,8-11,17-20H,5-7,12-16H2,1-2H3,(H,30,31). The molecule has 0 aliphatic carbocycles. The molecule has 180 valence electrons. The molecule has 2 aliphatic rings. The lowest BCUT2D eigenvalue weighted by atomic mass is 9.80. The van der Waals surface area contributed by atoms with Crippen molar-refractivity contribution >= 4 is 28.7 Å². The van der Waals surface area contributed by atoms with Gasteiger partial charge in [0.1, 0.15) is 17.1 Å². The summed E-state index contributed by atoms with van der Waals surface area (Å²) < 4.78 is 11.9. The number of carbonyl (C=O) groups is 1. The van der Waals surface area contributed by atoms with Crippen LogP contribution in [0.4, 0.5) is 0 Å². The van der Waals surface area contributed by atoms with E-state index in [4.69, 9.17) is 9.15 Å². The SMILES string of the molecule is COc1ccccc1Sc1ccc2oc(CC(C)C(=O)O)c(C3CCN4CCCCC4C3)c2c1. The number of methoxy groups -OCH3 is 1. The van der Waals surface area contributed by atoms with Crippen molar-refractivity contribution in [3.05, 3.63) is 53.8 Å². The number of hydrogen-bond donors (Lipinski definition) is 1. The highest BCUT2D eigenvalue weighted by Gasteiger charge is 2.34. The Labute approximate surface area is 205 Å². The highest BCUT2D eigenvalue weighted by atomic mass is 32.2. The van der Waals surface area contributed by atoms with Crippen molar-refractivity contribution in [3.63, 3.8) is 0 Å². The van der Waals surface area contributed by atoms with Crippen LogP contribution in [0.1, 0.15) is 56.3 Å². The van der Waals surface area contributed by atoms with Crippen LogP contribution in [0.15, 0.2) is 56.7 Å². The minimum Gasteiger partial charge on any atom is -0.496 e. The molecule has 0 saturated carbocycles. The molecular formula is C28H33NO4S. The van der Waals surface area contributed by atoms with Crippen molar-refractivity contribution in [2.45, 2.75) is 67.2 Å². The molecule has 1 aromatic heterocycles. The van der Waals surface area contributed by atoms with Gasteiger partial charge in [-0.25, -0.2) is 0 Å². The zero-order valence-corrected chi connectivity index (χ0v) is 20.8. The maximum atomic E-state index is 11.6. The van der Waals surface area contributed by atoms with Crippen LogP contribution in [0.25, 0.3) is 11.0 Å². The second-order valence-corrected chi connectivity index (χ2v) is 10.8. The van der Waals surface area contributed by atoms with E-state index in [1.165, 1.54) is 31.4 Å². The van der Waals surface area contributed by atoms with Crippen LogP contribution >= 0.6 is 11.8 Å². The summed E-state index contributed by atoms with van der Waals surface area (Å²) in [6, 6.07) is 15.0. The molecule has 6 heteroatoms. The molecule has 0 amide bonds. The number of carboxylic acids is 1. The number of carboxylic acid groups (broad SMARTS) is 1. The highest BCUT2D eigenvalue weighted by molar-refractivity contribution is 7.99. The molecule has 2 saturated heterocycles. The molecule has 34 heavy (non-hydrogen) atoms. The molecule has 2 fully saturated rings. The Morgan fingerprint density at radius 3 is 2.88 bits per heavy atom. The Bertz CT molecular complexity index is 1170. The maximum Gasteiger partial charge on any atom is 0.306 e. The quantitative estimate of drug-likeness (QED) is 0.413. The second-order valence-electron chi connectivity index (χ2n) is 9.70. The van der Waals surface area contributed by atoms with Gasteiger partial charge in [-0.15, -0.1) is 0 Å². The van der Waals surface area contributed by atoms with Crippen molar-refractivity contribution < 1.29 is 19.1 Å². The minimum atomic E-state index is -0.777. The molecule has 2 aromatic carbocycles. The van der Waals surface area contributed by atoms with E-state index in [0.717, 1.165) is 51.7 Å². The van der Waals surface area contributed by atoms with Gasteiger partial charge in [0.15, 0.2) is 0 Å². The van der Waals surface area contributed by atoms with E-state index in [-0.39, 0.29) is 0 Å². The van der Waals surface area contributed by atoms with E-state index in [2.05, 4.69) is 23.1 Å². The summed E-state index contributed by atoms with van der Waals surface area (Å²) in [6.45, 7) is 4.10. The summed E-state index contributed by atoms with van der Waals surface area (Å²) in [4.78, 5) is 16.5. The minimum absolute atomic E-state index is 0.406. The van der Waals surface area contributed by atoms with Crippen molar-refractivity contribution in [2.75, 3.05) is 20.2 Å². The fourth-order valence-electron chi connectivity index (χ4n) is 5.66. The van der Waals surface area contributed by atoms with Crippen LogP contribution in [0.3, 0.4) is 0 Å². The Morgan fingerprint density at radius 2 is 2.06 bits per heavy atom. The molecule has 1 N–H and O–H groups in total. The second kappa shape index (κ2) is 10.0. The van der Waals surface area contributed by atoms with Gasteiger partial charge in [0.05, 0.1) is 17.9 Å². The number of hydrogen-bond acceptors (Lipinski definition) is 5. The molecule has 0 radical (unpaired) electrons. The predicted molar refractivity (Wildman–Crippen MR) is 135 cm³/mol. The molecule has 5 nitrogen and oxygen atoms in total. The molecule has 2 aliphatic heterocycles. The van der Waals surface area contributed by atoms with Gasteiger partial charge in [0, 0.05) is 28.3 Å². The molecule has 5 rings (SSSR count). The van der Waals surface area contributed by atoms with E-state index in [0.29, 0.717) is 18.4 Å². The number of furan rings is 1. The number of nitrogens with zero attached hydrogens (tertiary/aromatic N) is 1. The fraction of sp³-hybridized carbons (Fsp3) is 0.464. The third-order valence-corrected chi connectivity index (χ3v) is 8.51. The van der Waals surface area contributed by atoms with Crippen LogP contribution in [-0.2, 0) is 11.2 Å². The number of rotatable bonds is 7. The highest BCUT2D eigenvalue weighted by Crippen LogP contribution is 2.44. The molecule has 3 atom stereocenters. The topological polar surface area (TPSA) is 62.9 Å². The third-order valence-electron chi connectivity index (χ3n) is 7.46. The molecule has 0 bridgehead atoms. The van der Waals surface area contributed by atoms with Gasteiger partial charge in [-0.1, -0.05) is 37.2 Å². The van der Waals surface area contributed by atoms with Crippen LogP contribution in [-0.4, -0.2) is 42.2 Å². The lowest BCUT2D eigenvalue weighted by Gasteiger charge is -2.42. The van der Waals surface area contributed by atoms with Crippen molar-refractivity contribution in [3.8, 4) is 5.75 Å². The average Bonchev–Trinajstić information content (AvgIpc) is 3.21. The first-order chi connectivity index (χ1) is 16.5. The van der Waals surface area contributed by atoms with Crippen LogP contribution in [0.2, 0.25) is 0 Å². The number of para-hydroxylation sites is 1. The predicted octanol–water partition coefficient (Wildman–Crippen LogP) is 6.59. The van der Waals surface area contributed by atoms with Gasteiger partial charge in [-0.05, 0) is 75.0 Å². The smallest absolute Gasteiger partial charge is 0.306 e. The first kappa shape index (κ1) is 23.3. The number of aliphatic carboxylic acids is 1. The molecule has 0 spiro atoms. The van der Waals surface area contributed by atoms with E-state index in [1.807, 2.05) is 24.3 Å². The lowest BCUT2D eigenvalue weighted by Crippen LogP contribution is -2.44. The lowest BCUT2D eigenvalue weighted by molar-refractivity contribution is -0.141. The maximum absolute atomic E-state index is 11.6. The van der Waals surface area contributed by atoms with Gasteiger partial charge in [0.2, 0.25) is 0 Å². The molecule has 3 aromatic rings. The Balaban J connectivity index is 1.52. The first-order valence-electron chi connectivity index (χ1n) is 12.4. The van der Waals surface area contributed by atoms with Gasteiger partial charge < -0.3 is 19.2 Å². The third kappa shape index (κ3) is 4.71. The fourth-order valence-corrected chi connectivity index (χ4v) is 6.62. The molecule has 3 unspecified atom stereocenters. The van der Waals surface area contributed by atoms with Crippen LogP contribution in [0, 0.1) is 5.92 Å². The Kier molecular flexibility index (Phi) is 6.89. The van der Waals surface area contributed by atoms with E-state index < -0.39 is 11.9 Å². The monoisotopic (exact) mass is 479 g/mol.